The zero-order chi connectivity index (χ0) is 26.6. The van der Waals surface area contributed by atoms with Gasteiger partial charge in [0.05, 0.1) is 34.6 Å². The Labute approximate surface area is 224 Å². The predicted molar refractivity (Wildman–Crippen MR) is 140 cm³/mol. The average molecular weight is 547 g/mol. The van der Waals surface area contributed by atoms with E-state index in [-0.39, 0.29) is 22.9 Å². The van der Waals surface area contributed by atoms with Gasteiger partial charge in [0.2, 0.25) is 0 Å². The first-order valence-corrected chi connectivity index (χ1v) is 12.6. The summed E-state index contributed by atoms with van der Waals surface area (Å²) in [6.07, 6.45) is 0.922. The van der Waals surface area contributed by atoms with Crippen molar-refractivity contribution < 1.29 is 23.4 Å². The molecule has 0 bridgehead atoms. The van der Waals surface area contributed by atoms with Gasteiger partial charge in [-0.05, 0) is 62.1 Å². The minimum atomic E-state index is -1.45. The third-order valence-corrected chi connectivity index (χ3v) is 7.59. The van der Waals surface area contributed by atoms with Crippen LogP contribution in [-0.2, 0) is 4.79 Å². The number of carboxylic acids is 1. The second-order valence-corrected chi connectivity index (χ2v) is 10.0. The van der Waals surface area contributed by atoms with Gasteiger partial charge in [-0.25, -0.2) is 8.78 Å². The molecule has 4 rings (SSSR count). The maximum atomic E-state index is 15.6. The number of nitrogens with zero attached hydrogens (tertiary/aromatic N) is 2. The van der Waals surface area contributed by atoms with Gasteiger partial charge in [-0.15, -0.1) is 0 Å². The monoisotopic (exact) mass is 546 g/mol. The van der Waals surface area contributed by atoms with Gasteiger partial charge in [0.1, 0.15) is 17.7 Å². The van der Waals surface area contributed by atoms with Crippen LogP contribution >= 0.6 is 23.2 Å². The van der Waals surface area contributed by atoms with E-state index in [1.54, 1.807) is 24.3 Å². The highest BCUT2D eigenvalue weighted by atomic mass is 35.5. The standard InChI is InChI=1S/C28H26Cl2F2N2O3/c1-37-19-5-7-25-20(16-19)26(22(30)17-33-25)23(31)8-9-28(27(35)36)10-13-34(14-11-28)12-2-3-18-4-6-21(29)24(32)15-18/h4-7,15-17,23H,8-14H2,1H3,(H,35,36). The molecular formula is C28H26Cl2F2N2O3. The molecule has 3 aromatic rings. The second kappa shape index (κ2) is 11.6. The molecule has 9 heteroatoms. The first-order chi connectivity index (χ1) is 17.7. The fourth-order valence-electron chi connectivity index (χ4n) is 4.70. The molecule has 0 aliphatic carbocycles. The Morgan fingerprint density at radius 2 is 1.97 bits per heavy atom. The molecule has 1 saturated heterocycles. The minimum absolute atomic E-state index is 0.0181. The highest BCUT2D eigenvalue weighted by molar-refractivity contribution is 6.32. The van der Waals surface area contributed by atoms with E-state index in [0.29, 0.717) is 60.3 Å². The molecule has 5 nitrogen and oxygen atoms in total. The Kier molecular flexibility index (Phi) is 8.53. The Morgan fingerprint density at radius 3 is 2.65 bits per heavy atom. The van der Waals surface area contributed by atoms with Crippen molar-refractivity contribution in [2.45, 2.75) is 31.9 Å². The van der Waals surface area contributed by atoms with Crippen LogP contribution in [0.3, 0.4) is 0 Å². The van der Waals surface area contributed by atoms with Crippen LogP contribution in [0, 0.1) is 23.1 Å². The third kappa shape index (κ3) is 6.15. The fraction of sp³-hybridized carbons (Fsp3) is 0.357. The van der Waals surface area contributed by atoms with Crippen LogP contribution < -0.4 is 4.74 Å². The number of likely N-dealkylation sites (tertiary alicyclic amines) is 1. The van der Waals surface area contributed by atoms with Gasteiger partial charge >= 0.3 is 5.97 Å². The highest BCUT2D eigenvalue weighted by Gasteiger charge is 2.41. The maximum absolute atomic E-state index is 15.6. The molecule has 194 valence electrons. The lowest BCUT2D eigenvalue weighted by molar-refractivity contribution is -0.152. The molecule has 1 unspecified atom stereocenters. The number of aliphatic carboxylic acids is 1. The van der Waals surface area contributed by atoms with Crippen molar-refractivity contribution in [2.24, 2.45) is 5.41 Å². The maximum Gasteiger partial charge on any atom is 0.309 e. The summed E-state index contributed by atoms with van der Waals surface area (Å²) < 4.78 is 34.4. The quantitative estimate of drug-likeness (QED) is 0.334. The SMILES string of the molecule is COc1ccc2ncc(Cl)c(C(F)CCC3(C(=O)O)CCN(CC#Cc4ccc(Cl)c(F)c4)CC3)c2c1. The number of ether oxygens (including phenoxy) is 1. The van der Waals surface area contributed by atoms with Gasteiger partial charge < -0.3 is 9.84 Å². The van der Waals surface area contributed by atoms with Gasteiger partial charge in [0.15, 0.2) is 0 Å². The molecule has 0 spiro atoms. The van der Waals surface area contributed by atoms with Crippen LogP contribution in [0.2, 0.25) is 10.0 Å². The Bertz CT molecular complexity index is 1360. The summed E-state index contributed by atoms with van der Waals surface area (Å²) >= 11 is 12.0. The van der Waals surface area contributed by atoms with E-state index >= 15 is 4.39 Å². The van der Waals surface area contributed by atoms with Gasteiger partial charge in [-0.1, -0.05) is 35.0 Å². The largest absolute Gasteiger partial charge is 0.497 e. The Morgan fingerprint density at radius 1 is 1.22 bits per heavy atom. The molecular weight excluding hydrogens is 521 g/mol. The number of hydrogen-bond acceptors (Lipinski definition) is 4. The number of carbonyl (C=O) groups is 1. The van der Waals surface area contributed by atoms with Crippen LogP contribution in [0.1, 0.15) is 43.0 Å². The number of aromatic nitrogens is 1. The summed E-state index contributed by atoms with van der Waals surface area (Å²) in [7, 11) is 1.53. The van der Waals surface area contributed by atoms with Gasteiger partial charge in [0, 0.05) is 35.8 Å². The lowest BCUT2D eigenvalue weighted by atomic mass is 9.74. The summed E-state index contributed by atoms with van der Waals surface area (Å²) in [5.41, 5.74) is 0.386. The van der Waals surface area contributed by atoms with Crippen molar-refractivity contribution in [2.75, 3.05) is 26.7 Å². The topological polar surface area (TPSA) is 62.7 Å². The van der Waals surface area contributed by atoms with E-state index in [2.05, 4.69) is 16.8 Å². The molecule has 1 aliphatic rings. The number of benzene rings is 2. The average Bonchev–Trinajstić information content (AvgIpc) is 2.89. The summed E-state index contributed by atoms with van der Waals surface area (Å²) in [5, 5.41) is 10.9. The molecule has 0 amide bonds. The van der Waals surface area contributed by atoms with Crippen LogP contribution in [-0.4, -0.2) is 47.7 Å². The summed E-state index contributed by atoms with van der Waals surface area (Å²) in [6, 6.07) is 9.56. The van der Waals surface area contributed by atoms with Crippen molar-refractivity contribution in [1.82, 2.24) is 9.88 Å². The lowest BCUT2D eigenvalue weighted by Crippen LogP contribution is -2.44. The first-order valence-electron chi connectivity index (χ1n) is 11.9. The first kappa shape index (κ1) is 27.1. The van der Waals surface area contributed by atoms with Crippen molar-refractivity contribution >= 4 is 40.1 Å². The van der Waals surface area contributed by atoms with Crippen molar-refractivity contribution in [3.05, 3.63) is 69.6 Å². The molecule has 0 radical (unpaired) electrons. The van der Waals surface area contributed by atoms with Gasteiger partial charge in [0.25, 0.3) is 0 Å². The summed E-state index contributed by atoms with van der Waals surface area (Å²) in [6.45, 7) is 1.46. The highest BCUT2D eigenvalue weighted by Crippen LogP contribution is 2.42. The summed E-state index contributed by atoms with van der Waals surface area (Å²) in [5.74, 6) is 5.03. The number of hydrogen-bond donors (Lipinski definition) is 1. The molecule has 1 N–H and O–H groups in total. The van der Waals surface area contributed by atoms with E-state index in [9.17, 15) is 14.3 Å². The smallest absolute Gasteiger partial charge is 0.309 e. The zero-order valence-electron chi connectivity index (χ0n) is 20.2. The van der Waals surface area contributed by atoms with Crippen LogP contribution in [0.25, 0.3) is 10.9 Å². The van der Waals surface area contributed by atoms with Crippen molar-refractivity contribution in [3.63, 3.8) is 0 Å². The molecule has 1 aromatic heterocycles. The van der Waals surface area contributed by atoms with E-state index in [1.165, 1.54) is 25.4 Å². The van der Waals surface area contributed by atoms with E-state index in [1.807, 2.05) is 4.90 Å². The van der Waals surface area contributed by atoms with Crippen LogP contribution in [0.4, 0.5) is 8.78 Å². The number of alkyl halides is 1. The second-order valence-electron chi connectivity index (χ2n) is 9.20. The van der Waals surface area contributed by atoms with Gasteiger partial charge in [-0.2, -0.15) is 0 Å². The number of rotatable bonds is 7. The normalized spacial score (nSPS) is 16.1. The van der Waals surface area contributed by atoms with Crippen LogP contribution in [0.15, 0.2) is 42.6 Å². The van der Waals surface area contributed by atoms with Crippen molar-refractivity contribution in [1.29, 1.82) is 0 Å². The molecule has 2 aromatic carbocycles. The van der Waals surface area contributed by atoms with Gasteiger partial charge in [-0.3, -0.25) is 14.7 Å². The molecule has 0 saturated carbocycles. The van der Waals surface area contributed by atoms with E-state index in [0.717, 1.165) is 0 Å². The molecule has 2 heterocycles. The molecule has 1 aliphatic heterocycles. The summed E-state index contributed by atoms with van der Waals surface area (Å²) in [4.78, 5) is 18.6. The van der Waals surface area contributed by atoms with Crippen LogP contribution in [0.5, 0.6) is 5.75 Å². The fourth-order valence-corrected chi connectivity index (χ4v) is 5.08. The number of pyridine rings is 1. The number of halogens is 4. The number of fused-ring (bicyclic) bond motifs is 1. The number of methoxy groups -OCH3 is 1. The van der Waals surface area contributed by atoms with E-state index < -0.39 is 23.4 Å². The Hall–Kier alpha value is -2.92. The third-order valence-electron chi connectivity index (χ3n) is 6.98. The minimum Gasteiger partial charge on any atom is -0.497 e. The Balaban J connectivity index is 1.41. The van der Waals surface area contributed by atoms with E-state index in [4.69, 9.17) is 27.9 Å². The predicted octanol–water partition coefficient (Wildman–Crippen LogP) is 6.70. The molecule has 1 fully saturated rings. The molecule has 1 atom stereocenters. The lowest BCUT2D eigenvalue weighted by Gasteiger charge is -2.38. The zero-order valence-corrected chi connectivity index (χ0v) is 21.8. The van der Waals surface area contributed by atoms with Crippen molar-refractivity contribution in [3.8, 4) is 17.6 Å². The number of carboxylic acid groups (broad SMARTS) is 1. The number of piperidine rings is 1. The molecule has 37 heavy (non-hydrogen) atoms.